The standard InChI is InChI=1S/C92H66BN3/c1-91(2,3)57-36-44-84-80(48-57)81-49-58(92(4,5)6)37-45-85(81)94(84)61-40-43-82-86(52-61)95(59-38-41-74-68-30-12-10-24-62(68)64-26-14-18-32-70(64)76(74)50-59)88-46-56(55-22-8-7-9-23-55)47-89-90(88)93(82)83-53-78-72-34-20-16-28-66(72)67-29-17-21-35-73(67)79(78)54-87(83)96(89)60-39-42-75-69-31-13-11-25-63(69)65-27-15-19-33-71(65)77(75)51-60/h7-54H,1-6H3. The second-order valence-corrected chi connectivity index (χ2v) is 29.1. The lowest BCUT2D eigenvalue weighted by Gasteiger charge is -2.45. The minimum absolute atomic E-state index is 0.0347. The number of hydrogen-bond donors (Lipinski definition) is 0. The van der Waals surface area contributed by atoms with E-state index >= 15 is 0 Å². The number of rotatable bonds is 4. The third-order valence-corrected chi connectivity index (χ3v) is 21.8. The molecule has 0 amide bonds. The van der Waals surface area contributed by atoms with Gasteiger partial charge in [-0.2, -0.15) is 0 Å². The fourth-order valence-electron chi connectivity index (χ4n) is 17.2. The van der Waals surface area contributed by atoms with Crippen LogP contribution in [0.1, 0.15) is 52.7 Å². The van der Waals surface area contributed by atoms with Crippen LogP contribution in [0.3, 0.4) is 0 Å². The van der Waals surface area contributed by atoms with E-state index in [0.717, 1.165) is 39.6 Å². The Bertz CT molecular complexity index is 6300. The van der Waals surface area contributed by atoms with Crippen molar-refractivity contribution in [2.24, 2.45) is 0 Å². The van der Waals surface area contributed by atoms with E-state index < -0.39 is 0 Å². The molecule has 3 heterocycles. The van der Waals surface area contributed by atoms with Gasteiger partial charge in [0.2, 0.25) is 0 Å². The van der Waals surface area contributed by atoms with Gasteiger partial charge in [0.05, 0.1) is 11.0 Å². The van der Waals surface area contributed by atoms with Gasteiger partial charge in [-0.15, -0.1) is 0 Å². The highest BCUT2D eigenvalue weighted by Gasteiger charge is 2.45. The van der Waals surface area contributed by atoms with Gasteiger partial charge in [-0.3, -0.25) is 0 Å². The predicted octanol–water partition coefficient (Wildman–Crippen LogP) is 23.5. The molecule has 0 N–H and O–H groups in total. The first-order valence-corrected chi connectivity index (χ1v) is 34.0. The molecule has 18 aromatic rings. The van der Waals surface area contributed by atoms with Crippen molar-refractivity contribution < 1.29 is 0 Å². The number of aromatic nitrogens is 1. The fraction of sp³-hybridized carbons (Fsp3) is 0.0870. The van der Waals surface area contributed by atoms with E-state index in [0.29, 0.717) is 0 Å². The monoisotopic (exact) mass is 1220 g/mol. The molecule has 2 aliphatic heterocycles. The zero-order valence-corrected chi connectivity index (χ0v) is 54.6. The lowest BCUT2D eigenvalue weighted by atomic mass is 9.33. The summed E-state index contributed by atoms with van der Waals surface area (Å²) in [6.45, 7) is 13.8. The molecule has 96 heavy (non-hydrogen) atoms. The summed E-state index contributed by atoms with van der Waals surface area (Å²) >= 11 is 0. The smallest absolute Gasteiger partial charge is 0.252 e. The van der Waals surface area contributed by atoms with Gasteiger partial charge in [0, 0.05) is 50.6 Å². The van der Waals surface area contributed by atoms with Crippen LogP contribution < -0.4 is 26.2 Å². The van der Waals surface area contributed by atoms with E-state index in [1.807, 2.05) is 0 Å². The molecule has 0 saturated carbocycles. The summed E-state index contributed by atoms with van der Waals surface area (Å²) in [6.07, 6.45) is 0. The minimum atomic E-state index is -0.182. The molecule has 0 saturated heterocycles. The van der Waals surface area contributed by atoms with Crippen LogP contribution in [0.2, 0.25) is 0 Å². The summed E-state index contributed by atoms with van der Waals surface area (Å²) in [6, 6.07) is 112. The summed E-state index contributed by atoms with van der Waals surface area (Å²) < 4.78 is 2.55. The van der Waals surface area contributed by atoms with Gasteiger partial charge in [0.25, 0.3) is 6.71 Å². The quantitative estimate of drug-likeness (QED) is 0.129. The van der Waals surface area contributed by atoms with E-state index in [1.165, 1.54) is 158 Å². The molecular formula is C92H66BN3. The van der Waals surface area contributed by atoms with E-state index in [-0.39, 0.29) is 17.5 Å². The third-order valence-electron chi connectivity index (χ3n) is 21.8. The second kappa shape index (κ2) is 20.0. The van der Waals surface area contributed by atoms with Crippen molar-refractivity contribution >= 4 is 176 Å². The summed E-state index contributed by atoms with van der Waals surface area (Å²) in [5, 5.41) is 25.1. The van der Waals surface area contributed by atoms with Crippen molar-refractivity contribution in [3.63, 3.8) is 0 Å². The second-order valence-electron chi connectivity index (χ2n) is 29.1. The molecule has 20 rings (SSSR count). The molecule has 0 spiro atoms. The molecule has 0 atom stereocenters. The molecule has 1 aromatic heterocycles. The predicted molar refractivity (Wildman–Crippen MR) is 415 cm³/mol. The van der Waals surface area contributed by atoms with Crippen molar-refractivity contribution in [2.45, 2.75) is 52.4 Å². The van der Waals surface area contributed by atoms with Gasteiger partial charge in [-0.05, 0) is 225 Å². The molecule has 0 unspecified atom stereocenters. The minimum Gasteiger partial charge on any atom is -0.311 e. The van der Waals surface area contributed by atoms with Gasteiger partial charge in [-0.25, -0.2) is 0 Å². The average molecular weight is 1220 g/mol. The van der Waals surface area contributed by atoms with Crippen LogP contribution in [-0.2, 0) is 10.8 Å². The highest BCUT2D eigenvalue weighted by Crippen LogP contribution is 2.51. The molecule has 0 fully saturated rings. The lowest BCUT2D eigenvalue weighted by Crippen LogP contribution is -2.61. The molecule has 17 aromatic carbocycles. The van der Waals surface area contributed by atoms with Crippen LogP contribution in [-0.4, -0.2) is 11.3 Å². The fourth-order valence-corrected chi connectivity index (χ4v) is 17.2. The topological polar surface area (TPSA) is 11.4 Å². The highest BCUT2D eigenvalue weighted by molar-refractivity contribution is 7.00. The van der Waals surface area contributed by atoms with Crippen molar-refractivity contribution in [1.29, 1.82) is 0 Å². The molecular weight excluding hydrogens is 1160 g/mol. The Hall–Kier alpha value is -11.5. The van der Waals surface area contributed by atoms with Crippen LogP contribution in [0.15, 0.2) is 291 Å². The van der Waals surface area contributed by atoms with Crippen molar-refractivity contribution in [3.8, 4) is 16.8 Å². The molecule has 0 bridgehead atoms. The summed E-state index contributed by atoms with van der Waals surface area (Å²) in [7, 11) is 0. The summed E-state index contributed by atoms with van der Waals surface area (Å²) in [5.41, 5.74) is 19.1. The normalized spacial score (nSPS) is 13.2. The van der Waals surface area contributed by atoms with Gasteiger partial charge in [0.15, 0.2) is 0 Å². The van der Waals surface area contributed by atoms with Gasteiger partial charge >= 0.3 is 0 Å². The van der Waals surface area contributed by atoms with Crippen LogP contribution in [0.4, 0.5) is 34.1 Å². The maximum atomic E-state index is 2.65. The largest absolute Gasteiger partial charge is 0.311 e. The number of hydrogen-bond acceptors (Lipinski definition) is 2. The Kier molecular flexibility index (Phi) is 11.5. The van der Waals surface area contributed by atoms with Crippen molar-refractivity contribution in [2.75, 3.05) is 9.80 Å². The van der Waals surface area contributed by atoms with E-state index in [1.54, 1.807) is 0 Å². The maximum absolute atomic E-state index is 2.65. The number of anilines is 6. The number of benzene rings is 17. The first-order chi connectivity index (χ1) is 46.9. The molecule has 0 radical (unpaired) electrons. The van der Waals surface area contributed by atoms with E-state index in [9.17, 15) is 0 Å². The molecule has 452 valence electrons. The first kappa shape index (κ1) is 55.0. The van der Waals surface area contributed by atoms with E-state index in [4.69, 9.17) is 0 Å². The Morgan fingerprint density at radius 3 is 0.979 bits per heavy atom. The molecule has 0 aliphatic carbocycles. The average Bonchev–Trinajstić information content (AvgIpc) is 0.796. The number of nitrogens with zero attached hydrogens (tertiary/aromatic N) is 3. The van der Waals surface area contributed by atoms with Crippen LogP contribution in [0.5, 0.6) is 0 Å². The zero-order chi connectivity index (χ0) is 64.0. The molecule has 4 heteroatoms. The Morgan fingerprint density at radius 2 is 0.573 bits per heavy atom. The number of fused-ring (bicyclic) bond motifs is 25. The SMILES string of the molecule is CC(C)(C)c1ccc2c(c1)c1cc(C(C)(C)C)ccc1n2-c1ccc2c(c1)N(c1ccc3c4ccccc4c4ccccc4c3c1)c1cc(-c3ccccc3)cc3c1B2c1cc2c4ccccc4c4ccccc4c2cc1N3c1ccc2c3ccccc3c3ccccc3c2c1. The molecule has 3 nitrogen and oxygen atoms in total. The van der Waals surface area contributed by atoms with Crippen LogP contribution >= 0.6 is 0 Å². The summed E-state index contributed by atoms with van der Waals surface area (Å²) in [5.74, 6) is 0. The first-order valence-electron chi connectivity index (χ1n) is 34.0. The van der Waals surface area contributed by atoms with Crippen molar-refractivity contribution in [1.82, 2.24) is 4.57 Å². The zero-order valence-electron chi connectivity index (χ0n) is 54.6. The Balaban J connectivity index is 0.941. The Labute approximate surface area is 558 Å². The lowest BCUT2D eigenvalue weighted by molar-refractivity contribution is 0.590. The van der Waals surface area contributed by atoms with Gasteiger partial charge in [-0.1, -0.05) is 254 Å². The third kappa shape index (κ3) is 7.90. The van der Waals surface area contributed by atoms with E-state index in [2.05, 4.69) is 347 Å². The van der Waals surface area contributed by atoms with Gasteiger partial charge < -0.3 is 14.4 Å². The van der Waals surface area contributed by atoms with Crippen LogP contribution in [0.25, 0.3) is 136 Å². The van der Waals surface area contributed by atoms with Crippen LogP contribution in [0, 0.1) is 0 Å². The highest BCUT2D eigenvalue weighted by atomic mass is 15.2. The molecule has 2 aliphatic rings. The van der Waals surface area contributed by atoms with Crippen molar-refractivity contribution in [3.05, 3.63) is 302 Å². The van der Waals surface area contributed by atoms with Gasteiger partial charge in [0.1, 0.15) is 0 Å². The summed E-state index contributed by atoms with van der Waals surface area (Å²) in [4.78, 5) is 5.30. The maximum Gasteiger partial charge on any atom is 0.252 e. The Morgan fingerprint density at radius 1 is 0.229 bits per heavy atom.